The molecule has 3 aromatic rings. The maximum absolute atomic E-state index is 14.4. The van der Waals surface area contributed by atoms with E-state index in [1.165, 1.54) is 12.3 Å². The highest BCUT2D eigenvalue weighted by molar-refractivity contribution is 6.31. The molecule has 3 unspecified atom stereocenters. The molecule has 1 heterocycles. The molecular weight excluding hydrogens is 450 g/mol. The molecule has 0 spiro atoms. The second-order valence-corrected chi connectivity index (χ2v) is 8.40. The van der Waals surface area contributed by atoms with Crippen molar-refractivity contribution in [1.29, 1.82) is 0 Å². The number of nitrogens with zero attached hydrogens (tertiary/aromatic N) is 2. The Labute approximate surface area is 186 Å². The number of fused-ring (bicyclic) bond motifs is 2. The number of halogens is 5. The molecule has 170 valence electrons. The van der Waals surface area contributed by atoms with Crippen LogP contribution in [0.25, 0.3) is 10.9 Å². The van der Waals surface area contributed by atoms with Crippen molar-refractivity contribution in [2.45, 2.75) is 50.4 Å². The number of hydrogen-bond donors (Lipinski definition) is 3. The average Bonchev–Trinajstić information content (AvgIpc) is 2.72. The lowest BCUT2D eigenvalue weighted by molar-refractivity contribution is -0.272. The van der Waals surface area contributed by atoms with Crippen LogP contribution in [-0.2, 0) is 0 Å². The maximum atomic E-state index is 14.4. The first kappa shape index (κ1) is 22.5. The van der Waals surface area contributed by atoms with Gasteiger partial charge in [0.1, 0.15) is 5.82 Å². The lowest BCUT2D eigenvalue weighted by Crippen LogP contribution is -2.55. The molecule has 5 nitrogen and oxygen atoms in total. The molecule has 10 heteroatoms. The van der Waals surface area contributed by atoms with E-state index in [0.717, 1.165) is 6.07 Å². The Hall–Kier alpha value is -2.65. The van der Waals surface area contributed by atoms with Gasteiger partial charge in [0.2, 0.25) is 0 Å². The van der Waals surface area contributed by atoms with Crippen LogP contribution >= 0.6 is 11.6 Å². The molecule has 1 aromatic heterocycles. The van der Waals surface area contributed by atoms with E-state index < -0.39 is 46.7 Å². The molecule has 0 bridgehead atoms. The summed E-state index contributed by atoms with van der Waals surface area (Å²) in [4.78, 5) is 8.39. The van der Waals surface area contributed by atoms with Crippen LogP contribution in [0.4, 0.5) is 23.2 Å². The van der Waals surface area contributed by atoms with Gasteiger partial charge < -0.3 is 15.5 Å². The standard InChI is InChI=1S/C22H20ClF4N3O2/c1-3-11-8-21(32,22(25,26)27)20(12-7-14(23)18(24)19(31)17(11)12)30-16-6-4-5-15-13(16)9-28-10(2)29-15/h4-7,9,11,20,30-32H,3,8H2,1-2H3. The first-order chi connectivity index (χ1) is 15.0. The second kappa shape index (κ2) is 7.74. The number of hydrogen-bond acceptors (Lipinski definition) is 5. The summed E-state index contributed by atoms with van der Waals surface area (Å²) in [6.45, 7) is 3.29. The minimum Gasteiger partial charge on any atom is -0.505 e. The van der Waals surface area contributed by atoms with Crippen LogP contribution in [0.5, 0.6) is 5.75 Å². The number of phenolic OH excluding ortho intramolecular Hbond substituents is 1. The van der Waals surface area contributed by atoms with Gasteiger partial charge in [0.25, 0.3) is 0 Å². The highest BCUT2D eigenvalue weighted by atomic mass is 35.5. The van der Waals surface area contributed by atoms with E-state index in [0.29, 0.717) is 16.7 Å². The van der Waals surface area contributed by atoms with Gasteiger partial charge in [0.15, 0.2) is 17.2 Å². The minimum absolute atomic E-state index is 0.00755. The number of nitrogens with one attached hydrogen (secondary N) is 1. The largest absolute Gasteiger partial charge is 0.505 e. The Morgan fingerprint density at radius 3 is 2.69 bits per heavy atom. The smallest absolute Gasteiger partial charge is 0.419 e. The fourth-order valence-electron chi connectivity index (χ4n) is 4.42. The lowest BCUT2D eigenvalue weighted by atomic mass is 9.69. The van der Waals surface area contributed by atoms with Crippen molar-refractivity contribution in [2.24, 2.45) is 0 Å². The second-order valence-electron chi connectivity index (χ2n) is 7.99. The van der Waals surface area contributed by atoms with Crippen LogP contribution < -0.4 is 5.32 Å². The molecular formula is C22H20ClF4N3O2. The first-order valence-electron chi connectivity index (χ1n) is 9.96. The molecule has 0 saturated carbocycles. The molecule has 0 radical (unpaired) electrons. The number of aliphatic hydroxyl groups is 1. The van der Waals surface area contributed by atoms with Crippen molar-refractivity contribution in [3.8, 4) is 5.75 Å². The number of phenols is 1. The fraction of sp³-hybridized carbons (Fsp3) is 0.364. The summed E-state index contributed by atoms with van der Waals surface area (Å²) < 4.78 is 57.1. The summed E-state index contributed by atoms with van der Waals surface area (Å²) in [5.74, 6) is -2.34. The number of aryl methyl sites for hydroxylation is 1. The number of anilines is 1. The number of alkyl halides is 3. The Balaban J connectivity index is 1.96. The Morgan fingerprint density at radius 2 is 2.03 bits per heavy atom. The van der Waals surface area contributed by atoms with Gasteiger partial charge in [-0.2, -0.15) is 13.2 Å². The van der Waals surface area contributed by atoms with Crippen LogP contribution in [0.3, 0.4) is 0 Å². The average molecular weight is 470 g/mol. The molecule has 2 aromatic carbocycles. The van der Waals surface area contributed by atoms with E-state index in [1.807, 2.05) is 0 Å². The van der Waals surface area contributed by atoms with Gasteiger partial charge in [-0.25, -0.2) is 14.4 Å². The van der Waals surface area contributed by atoms with Gasteiger partial charge in [-0.3, -0.25) is 0 Å². The maximum Gasteiger partial charge on any atom is 0.419 e. The van der Waals surface area contributed by atoms with Crippen LogP contribution in [0.15, 0.2) is 30.5 Å². The molecule has 32 heavy (non-hydrogen) atoms. The van der Waals surface area contributed by atoms with E-state index in [9.17, 15) is 27.8 Å². The quantitative estimate of drug-likeness (QED) is 0.424. The van der Waals surface area contributed by atoms with E-state index in [1.54, 1.807) is 26.0 Å². The molecule has 3 atom stereocenters. The van der Waals surface area contributed by atoms with E-state index >= 15 is 0 Å². The van der Waals surface area contributed by atoms with Crippen LogP contribution in [-0.4, -0.2) is 32.0 Å². The third-order valence-corrected chi connectivity index (χ3v) is 6.32. The third kappa shape index (κ3) is 3.44. The SMILES string of the molecule is CCC1CC(O)(C(F)(F)F)C(Nc2cccc3nc(C)ncc23)c2cc(Cl)c(F)c(O)c21. The zero-order valence-corrected chi connectivity index (χ0v) is 17.9. The molecule has 4 rings (SSSR count). The summed E-state index contributed by atoms with van der Waals surface area (Å²) in [7, 11) is 0. The van der Waals surface area contributed by atoms with Gasteiger partial charge in [-0.1, -0.05) is 24.6 Å². The third-order valence-electron chi connectivity index (χ3n) is 6.05. The highest BCUT2D eigenvalue weighted by Crippen LogP contribution is 2.56. The normalized spacial score (nSPS) is 23.2. The van der Waals surface area contributed by atoms with Crippen molar-refractivity contribution >= 4 is 28.2 Å². The molecule has 3 N–H and O–H groups in total. The predicted molar refractivity (Wildman–Crippen MR) is 112 cm³/mol. The molecule has 0 fully saturated rings. The highest BCUT2D eigenvalue weighted by Gasteiger charge is 2.62. The molecule has 1 aliphatic rings. The molecule has 0 amide bonds. The molecule has 1 aliphatic carbocycles. The zero-order chi connectivity index (χ0) is 23.4. The van der Waals surface area contributed by atoms with Gasteiger partial charge in [0.05, 0.1) is 16.6 Å². The van der Waals surface area contributed by atoms with Gasteiger partial charge in [0, 0.05) is 22.8 Å². The molecule has 0 saturated heterocycles. The molecule has 0 aliphatic heterocycles. The van der Waals surface area contributed by atoms with Crippen LogP contribution in [0.2, 0.25) is 5.02 Å². The van der Waals surface area contributed by atoms with E-state index in [2.05, 4.69) is 15.3 Å². The Kier molecular flexibility index (Phi) is 5.45. The van der Waals surface area contributed by atoms with Gasteiger partial charge >= 0.3 is 6.18 Å². The Morgan fingerprint density at radius 1 is 1.31 bits per heavy atom. The first-order valence-corrected chi connectivity index (χ1v) is 10.3. The number of aromatic nitrogens is 2. The van der Waals surface area contributed by atoms with Gasteiger partial charge in [-0.05, 0) is 49.4 Å². The van der Waals surface area contributed by atoms with Crippen LogP contribution in [0.1, 0.15) is 48.7 Å². The van der Waals surface area contributed by atoms with E-state index in [-0.39, 0.29) is 23.2 Å². The van der Waals surface area contributed by atoms with Crippen molar-refractivity contribution in [3.63, 3.8) is 0 Å². The summed E-state index contributed by atoms with van der Waals surface area (Å²) >= 11 is 5.88. The number of aromatic hydroxyl groups is 1. The minimum atomic E-state index is -5.02. The van der Waals surface area contributed by atoms with Gasteiger partial charge in [-0.15, -0.1) is 0 Å². The van der Waals surface area contributed by atoms with Crippen molar-refractivity contribution in [1.82, 2.24) is 9.97 Å². The zero-order valence-electron chi connectivity index (χ0n) is 17.1. The monoisotopic (exact) mass is 469 g/mol. The summed E-state index contributed by atoms with van der Waals surface area (Å²) in [5.41, 5.74) is -2.57. The Bertz CT molecular complexity index is 1200. The van der Waals surface area contributed by atoms with Crippen molar-refractivity contribution in [2.75, 3.05) is 5.32 Å². The van der Waals surface area contributed by atoms with E-state index in [4.69, 9.17) is 11.6 Å². The lowest BCUT2D eigenvalue weighted by Gasteiger charge is -2.46. The number of benzene rings is 2. The van der Waals surface area contributed by atoms with Crippen molar-refractivity contribution in [3.05, 3.63) is 58.3 Å². The fourth-order valence-corrected chi connectivity index (χ4v) is 4.63. The number of rotatable bonds is 3. The predicted octanol–water partition coefficient (Wildman–Crippen LogP) is 5.78. The van der Waals surface area contributed by atoms with Crippen LogP contribution in [0, 0.1) is 12.7 Å². The summed E-state index contributed by atoms with van der Waals surface area (Å²) in [6.07, 6.45) is -4.16. The summed E-state index contributed by atoms with van der Waals surface area (Å²) in [6, 6.07) is 4.10. The van der Waals surface area contributed by atoms with Crippen molar-refractivity contribution < 1.29 is 27.8 Å². The summed E-state index contributed by atoms with van der Waals surface area (Å²) in [5, 5.41) is 24.1. The topological polar surface area (TPSA) is 78.3 Å².